The topological polar surface area (TPSA) is 21.3 Å². The fraction of sp³-hybridized carbons (Fsp3) is 0.250. The third-order valence-corrected chi connectivity index (χ3v) is 3.29. The predicted octanol–water partition coefficient (Wildman–Crippen LogP) is 3.96. The molecule has 2 aromatic carbocycles. The van der Waals surface area contributed by atoms with E-state index in [1.54, 1.807) is 7.11 Å². The van der Waals surface area contributed by atoms with Crippen molar-refractivity contribution >= 4 is 0 Å². The van der Waals surface area contributed by atoms with E-state index in [2.05, 4.69) is 5.32 Å². The van der Waals surface area contributed by atoms with Crippen LogP contribution in [0.2, 0.25) is 0 Å². The minimum absolute atomic E-state index is 0.0793. The molecular formula is C16H16F3NO. The van der Waals surface area contributed by atoms with Crippen LogP contribution < -0.4 is 10.1 Å². The molecule has 0 bridgehead atoms. The van der Waals surface area contributed by atoms with E-state index in [-0.39, 0.29) is 18.2 Å². The summed E-state index contributed by atoms with van der Waals surface area (Å²) in [5.41, 5.74) is 0.985. The highest BCUT2D eigenvalue weighted by Crippen LogP contribution is 2.25. The zero-order valence-corrected chi connectivity index (χ0v) is 11.8. The van der Waals surface area contributed by atoms with Crippen LogP contribution in [0.4, 0.5) is 13.2 Å². The maximum absolute atomic E-state index is 13.6. The fourth-order valence-electron chi connectivity index (χ4n) is 2.10. The monoisotopic (exact) mass is 295 g/mol. The van der Waals surface area contributed by atoms with Gasteiger partial charge in [0.05, 0.1) is 7.11 Å². The van der Waals surface area contributed by atoms with Crippen LogP contribution >= 0.6 is 0 Å². The van der Waals surface area contributed by atoms with Crippen molar-refractivity contribution in [1.29, 1.82) is 0 Å². The first-order valence-corrected chi connectivity index (χ1v) is 6.52. The van der Waals surface area contributed by atoms with Gasteiger partial charge in [-0.1, -0.05) is 18.2 Å². The SMILES string of the molecule is COc1ccccc1C(C)NCc1cc(F)c(F)cc1F. The molecule has 0 aliphatic heterocycles. The van der Waals surface area contributed by atoms with Gasteiger partial charge in [-0.3, -0.25) is 0 Å². The molecule has 5 heteroatoms. The maximum atomic E-state index is 13.6. The van der Waals surface area contributed by atoms with Crippen LogP contribution in [-0.2, 0) is 6.54 Å². The van der Waals surface area contributed by atoms with Crippen molar-refractivity contribution in [2.45, 2.75) is 19.5 Å². The molecular weight excluding hydrogens is 279 g/mol. The first-order chi connectivity index (χ1) is 10.0. The highest BCUT2D eigenvalue weighted by atomic mass is 19.2. The molecule has 0 aliphatic rings. The Hall–Kier alpha value is -2.01. The van der Waals surface area contributed by atoms with Gasteiger partial charge >= 0.3 is 0 Å². The van der Waals surface area contributed by atoms with Gasteiger partial charge in [-0.15, -0.1) is 0 Å². The summed E-state index contributed by atoms with van der Waals surface area (Å²) in [6.07, 6.45) is 0. The third-order valence-electron chi connectivity index (χ3n) is 3.29. The zero-order chi connectivity index (χ0) is 15.4. The highest BCUT2D eigenvalue weighted by molar-refractivity contribution is 5.35. The number of para-hydroxylation sites is 1. The number of halogens is 3. The van der Waals surface area contributed by atoms with E-state index in [4.69, 9.17) is 4.74 Å². The van der Waals surface area contributed by atoms with Crippen LogP contribution in [0, 0.1) is 17.5 Å². The first kappa shape index (κ1) is 15.4. The maximum Gasteiger partial charge on any atom is 0.161 e. The summed E-state index contributed by atoms with van der Waals surface area (Å²) in [6, 6.07) is 8.73. The van der Waals surface area contributed by atoms with Gasteiger partial charge in [-0.05, 0) is 19.1 Å². The van der Waals surface area contributed by atoms with Crippen LogP contribution in [0.1, 0.15) is 24.1 Å². The smallest absolute Gasteiger partial charge is 0.161 e. The fourth-order valence-corrected chi connectivity index (χ4v) is 2.10. The van der Waals surface area contributed by atoms with Gasteiger partial charge in [0.25, 0.3) is 0 Å². The van der Waals surface area contributed by atoms with Crippen molar-refractivity contribution in [2.24, 2.45) is 0 Å². The minimum atomic E-state index is -1.19. The predicted molar refractivity (Wildman–Crippen MR) is 74.6 cm³/mol. The quantitative estimate of drug-likeness (QED) is 0.843. The van der Waals surface area contributed by atoms with Crippen molar-refractivity contribution in [3.8, 4) is 5.75 Å². The summed E-state index contributed by atoms with van der Waals surface area (Å²) < 4.78 is 44.8. The van der Waals surface area contributed by atoms with Gasteiger partial charge in [0.2, 0.25) is 0 Å². The molecule has 0 amide bonds. The molecule has 2 rings (SSSR count). The number of ether oxygens (including phenoxy) is 1. The van der Waals surface area contributed by atoms with E-state index in [0.717, 1.165) is 11.6 Å². The van der Waals surface area contributed by atoms with Crippen molar-refractivity contribution in [1.82, 2.24) is 5.32 Å². The number of methoxy groups -OCH3 is 1. The summed E-state index contributed by atoms with van der Waals surface area (Å²) in [6.45, 7) is 1.97. The van der Waals surface area contributed by atoms with Crippen LogP contribution in [-0.4, -0.2) is 7.11 Å². The second-order valence-corrected chi connectivity index (χ2v) is 4.70. The molecule has 0 saturated heterocycles. The molecule has 1 N–H and O–H groups in total. The number of rotatable bonds is 5. The number of nitrogens with one attached hydrogen (secondary N) is 1. The summed E-state index contributed by atoms with van der Waals surface area (Å²) >= 11 is 0. The van der Waals surface area contributed by atoms with Crippen LogP contribution in [0.5, 0.6) is 5.75 Å². The Kier molecular flexibility index (Phi) is 4.85. The summed E-state index contributed by atoms with van der Waals surface area (Å²) in [5, 5.41) is 3.07. The standard InChI is InChI=1S/C16H16F3NO/c1-10(12-5-3-4-6-16(12)21-2)20-9-11-7-14(18)15(19)8-13(11)17/h3-8,10,20H,9H2,1-2H3. The largest absolute Gasteiger partial charge is 0.496 e. The van der Waals surface area contributed by atoms with Gasteiger partial charge < -0.3 is 10.1 Å². The number of hydrogen-bond donors (Lipinski definition) is 1. The first-order valence-electron chi connectivity index (χ1n) is 6.52. The lowest BCUT2D eigenvalue weighted by atomic mass is 10.1. The average molecular weight is 295 g/mol. The van der Waals surface area contributed by atoms with Crippen molar-refractivity contribution < 1.29 is 17.9 Å². The molecule has 0 saturated carbocycles. The van der Waals surface area contributed by atoms with Gasteiger partial charge in [-0.2, -0.15) is 0 Å². The molecule has 2 nitrogen and oxygen atoms in total. The van der Waals surface area contributed by atoms with Crippen LogP contribution in [0.3, 0.4) is 0 Å². The van der Waals surface area contributed by atoms with Gasteiger partial charge in [0.15, 0.2) is 11.6 Å². The number of hydrogen-bond acceptors (Lipinski definition) is 2. The summed E-state index contributed by atoms with van der Waals surface area (Å²) in [7, 11) is 1.57. The Balaban J connectivity index is 2.11. The van der Waals surface area contributed by atoms with E-state index < -0.39 is 17.5 Å². The highest BCUT2D eigenvalue weighted by Gasteiger charge is 2.13. The molecule has 0 spiro atoms. The van der Waals surface area contributed by atoms with Gasteiger partial charge in [0, 0.05) is 29.8 Å². The van der Waals surface area contributed by atoms with Crippen molar-refractivity contribution in [3.63, 3.8) is 0 Å². The molecule has 112 valence electrons. The molecule has 21 heavy (non-hydrogen) atoms. The van der Waals surface area contributed by atoms with E-state index in [1.165, 1.54) is 0 Å². The molecule has 2 aromatic rings. The van der Waals surface area contributed by atoms with Crippen LogP contribution in [0.25, 0.3) is 0 Å². The van der Waals surface area contributed by atoms with Gasteiger partial charge in [0.1, 0.15) is 11.6 Å². The Morgan fingerprint density at radius 1 is 1.05 bits per heavy atom. The van der Waals surface area contributed by atoms with Crippen LogP contribution in [0.15, 0.2) is 36.4 Å². The Morgan fingerprint density at radius 3 is 2.43 bits per heavy atom. The van der Waals surface area contributed by atoms with Gasteiger partial charge in [-0.25, -0.2) is 13.2 Å². The molecule has 1 unspecified atom stereocenters. The van der Waals surface area contributed by atoms with Crippen molar-refractivity contribution in [3.05, 3.63) is 65.0 Å². The molecule has 0 fully saturated rings. The lowest BCUT2D eigenvalue weighted by molar-refractivity contribution is 0.401. The van der Waals surface area contributed by atoms with E-state index >= 15 is 0 Å². The lowest BCUT2D eigenvalue weighted by Crippen LogP contribution is -2.19. The molecule has 0 radical (unpaired) electrons. The zero-order valence-electron chi connectivity index (χ0n) is 11.8. The summed E-state index contributed by atoms with van der Waals surface area (Å²) in [4.78, 5) is 0. The lowest BCUT2D eigenvalue weighted by Gasteiger charge is -2.17. The normalized spacial score (nSPS) is 12.2. The summed E-state index contributed by atoms with van der Waals surface area (Å²) in [5.74, 6) is -2.30. The third kappa shape index (κ3) is 3.55. The Bertz CT molecular complexity index is 631. The molecule has 0 aliphatic carbocycles. The molecule has 0 aromatic heterocycles. The van der Waals surface area contributed by atoms with E-state index in [0.29, 0.717) is 11.8 Å². The Labute approximate surface area is 121 Å². The molecule has 1 atom stereocenters. The van der Waals surface area contributed by atoms with E-state index in [1.807, 2.05) is 31.2 Å². The number of benzene rings is 2. The minimum Gasteiger partial charge on any atom is -0.496 e. The Morgan fingerprint density at radius 2 is 1.71 bits per heavy atom. The second-order valence-electron chi connectivity index (χ2n) is 4.70. The molecule has 0 heterocycles. The second kappa shape index (κ2) is 6.63. The van der Waals surface area contributed by atoms with Crippen molar-refractivity contribution in [2.75, 3.05) is 7.11 Å². The average Bonchev–Trinajstić information content (AvgIpc) is 2.49. The van der Waals surface area contributed by atoms with E-state index in [9.17, 15) is 13.2 Å².